The third-order valence-electron chi connectivity index (χ3n) is 6.40. The molecular formula is C26H31ClFN5O2. The summed E-state index contributed by atoms with van der Waals surface area (Å²) < 4.78 is 24.8. The van der Waals surface area contributed by atoms with Gasteiger partial charge in [0.15, 0.2) is 5.82 Å². The molecule has 2 saturated heterocycles. The minimum atomic E-state index is -0.269. The van der Waals surface area contributed by atoms with Gasteiger partial charge in [-0.3, -0.25) is 0 Å². The second-order valence-corrected chi connectivity index (χ2v) is 8.69. The monoisotopic (exact) mass is 499 g/mol. The lowest BCUT2D eigenvalue weighted by molar-refractivity contribution is 0.0529. The van der Waals surface area contributed by atoms with Gasteiger partial charge in [-0.2, -0.15) is 0 Å². The average molecular weight is 500 g/mol. The zero-order valence-electron chi connectivity index (χ0n) is 20.1. The van der Waals surface area contributed by atoms with Gasteiger partial charge in [-0.15, -0.1) is 12.4 Å². The second-order valence-electron chi connectivity index (χ2n) is 8.69. The highest BCUT2D eigenvalue weighted by Crippen LogP contribution is 2.30. The topological polar surface area (TPSA) is 54.0 Å². The maximum Gasteiger partial charge on any atom is 0.163 e. The molecule has 2 aliphatic heterocycles. The molecule has 2 fully saturated rings. The summed E-state index contributed by atoms with van der Waals surface area (Å²) in [6, 6.07) is 16.6. The molecule has 9 heteroatoms. The molecule has 5 rings (SSSR count). The van der Waals surface area contributed by atoms with Gasteiger partial charge in [-0.05, 0) is 43.3 Å². The van der Waals surface area contributed by atoms with Crippen LogP contribution in [-0.4, -0.2) is 69.1 Å². The van der Waals surface area contributed by atoms with Crippen LogP contribution >= 0.6 is 12.4 Å². The maximum absolute atomic E-state index is 13.5. The number of morpholine rings is 1. The maximum atomic E-state index is 13.5. The Balaban J connectivity index is 0.00000289. The highest BCUT2D eigenvalue weighted by Gasteiger charge is 2.24. The first kappa shape index (κ1) is 25.0. The number of aromatic nitrogens is 2. The van der Waals surface area contributed by atoms with E-state index in [9.17, 15) is 4.39 Å². The first-order valence-electron chi connectivity index (χ1n) is 11.8. The summed E-state index contributed by atoms with van der Waals surface area (Å²) in [5.41, 5.74) is 1.92. The van der Waals surface area contributed by atoms with Crippen LogP contribution in [0.25, 0.3) is 11.4 Å². The Bertz CT molecular complexity index is 1120. The molecule has 2 aromatic carbocycles. The molecule has 186 valence electrons. The summed E-state index contributed by atoms with van der Waals surface area (Å²) in [6.07, 6.45) is 0.144. The molecule has 0 N–H and O–H groups in total. The zero-order valence-corrected chi connectivity index (χ0v) is 20.9. The van der Waals surface area contributed by atoms with Crippen molar-refractivity contribution in [1.29, 1.82) is 0 Å². The molecule has 0 saturated carbocycles. The average Bonchev–Trinajstić information content (AvgIpc) is 2.89. The Kier molecular flexibility index (Phi) is 7.93. The summed E-state index contributed by atoms with van der Waals surface area (Å²) in [5, 5.41) is 0. The molecule has 0 amide bonds. The van der Waals surface area contributed by atoms with Crippen LogP contribution in [0.15, 0.2) is 54.6 Å². The van der Waals surface area contributed by atoms with Crippen LogP contribution in [-0.2, 0) is 4.74 Å². The Labute approximate surface area is 211 Å². The molecule has 0 aliphatic carbocycles. The molecule has 35 heavy (non-hydrogen) atoms. The van der Waals surface area contributed by atoms with Gasteiger partial charge in [0.25, 0.3) is 0 Å². The van der Waals surface area contributed by atoms with Gasteiger partial charge in [0.2, 0.25) is 0 Å². The standard InChI is InChI=1S/C26H30FN5O2.ClH/c1-19-18-32(15-16-34-19)25-17-24(28-26(29-25)20-7-9-21(27)10-8-20)31-13-11-30(12-14-31)22-5-3-4-6-23(22)33-2;/h3-10,17,19H,11-16,18H2,1-2H3;1H. The van der Waals surface area contributed by atoms with Gasteiger partial charge in [0.05, 0.1) is 25.5 Å². The van der Waals surface area contributed by atoms with Crippen LogP contribution in [0.3, 0.4) is 0 Å². The van der Waals surface area contributed by atoms with E-state index in [4.69, 9.17) is 19.4 Å². The quantitative estimate of drug-likeness (QED) is 0.519. The van der Waals surface area contributed by atoms with Crippen molar-refractivity contribution in [3.8, 4) is 17.1 Å². The highest BCUT2D eigenvalue weighted by atomic mass is 35.5. The van der Waals surface area contributed by atoms with Crippen molar-refractivity contribution in [3.63, 3.8) is 0 Å². The van der Waals surface area contributed by atoms with Crippen molar-refractivity contribution in [3.05, 3.63) is 60.4 Å². The number of rotatable bonds is 5. The van der Waals surface area contributed by atoms with Gasteiger partial charge >= 0.3 is 0 Å². The van der Waals surface area contributed by atoms with E-state index >= 15 is 0 Å². The number of anilines is 3. The van der Waals surface area contributed by atoms with E-state index in [1.165, 1.54) is 12.1 Å². The number of halogens is 2. The van der Waals surface area contributed by atoms with E-state index in [-0.39, 0.29) is 24.3 Å². The summed E-state index contributed by atoms with van der Waals surface area (Å²) in [6.45, 7) is 7.69. The number of methoxy groups -OCH3 is 1. The fraction of sp³-hybridized carbons (Fsp3) is 0.385. The van der Waals surface area contributed by atoms with Gasteiger partial charge in [-0.1, -0.05) is 12.1 Å². The molecule has 3 heterocycles. The Morgan fingerprint density at radius 2 is 1.54 bits per heavy atom. The number of nitrogens with zero attached hydrogens (tertiary/aromatic N) is 5. The van der Waals surface area contributed by atoms with Gasteiger partial charge in [0.1, 0.15) is 23.2 Å². The van der Waals surface area contributed by atoms with Crippen LogP contribution in [0, 0.1) is 5.82 Å². The Morgan fingerprint density at radius 1 is 0.886 bits per heavy atom. The number of piperazine rings is 1. The van der Waals surface area contributed by atoms with E-state index < -0.39 is 0 Å². The molecule has 2 aliphatic rings. The lowest BCUT2D eigenvalue weighted by Crippen LogP contribution is -2.47. The Morgan fingerprint density at radius 3 is 2.23 bits per heavy atom. The van der Waals surface area contributed by atoms with Gasteiger partial charge in [0, 0.05) is 50.9 Å². The third-order valence-corrected chi connectivity index (χ3v) is 6.40. The minimum Gasteiger partial charge on any atom is -0.495 e. The lowest BCUT2D eigenvalue weighted by atomic mass is 10.2. The fourth-order valence-corrected chi connectivity index (χ4v) is 4.57. The first-order chi connectivity index (χ1) is 16.6. The first-order valence-corrected chi connectivity index (χ1v) is 11.8. The third kappa shape index (κ3) is 5.60. The lowest BCUT2D eigenvalue weighted by Gasteiger charge is -2.38. The zero-order chi connectivity index (χ0) is 23.5. The van der Waals surface area contributed by atoms with Gasteiger partial charge in [-0.25, -0.2) is 14.4 Å². The molecule has 1 aromatic heterocycles. The number of hydrogen-bond donors (Lipinski definition) is 0. The van der Waals surface area contributed by atoms with E-state index in [1.54, 1.807) is 19.2 Å². The second kappa shape index (κ2) is 11.1. The van der Waals surface area contributed by atoms with Crippen LogP contribution < -0.4 is 19.4 Å². The van der Waals surface area contributed by atoms with Crippen LogP contribution in [0.5, 0.6) is 5.75 Å². The van der Waals surface area contributed by atoms with Gasteiger partial charge < -0.3 is 24.2 Å². The van der Waals surface area contributed by atoms with Crippen LogP contribution in [0.2, 0.25) is 0 Å². The van der Waals surface area contributed by atoms with Crippen molar-refractivity contribution < 1.29 is 13.9 Å². The molecule has 0 bridgehead atoms. The molecule has 3 aromatic rings. The van der Waals surface area contributed by atoms with Crippen LogP contribution in [0.4, 0.5) is 21.7 Å². The largest absolute Gasteiger partial charge is 0.495 e. The summed E-state index contributed by atoms with van der Waals surface area (Å²) >= 11 is 0. The number of benzene rings is 2. The minimum absolute atomic E-state index is 0. The van der Waals surface area contributed by atoms with Crippen molar-refractivity contribution in [2.75, 3.05) is 67.7 Å². The van der Waals surface area contributed by atoms with Crippen LogP contribution in [0.1, 0.15) is 6.92 Å². The SMILES string of the molecule is COc1ccccc1N1CCN(c2cc(N3CCOC(C)C3)nc(-c3ccc(F)cc3)n2)CC1.Cl. The van der Waals surface area contributed by atoms with E-state index in [0.29, 0.717) is 12.4 Å². The molecule has 7 nitrogen and oxygen atoms in total. The predicted molar refractivity (Wildman–Crippen MR) is 140 cm³/mol. The van der Waals surface area contributed by atoms with E-state index in [1.807, 2.05) is 18.2 Å². The van der Waals surface area contributed by atoms with Crippen molar-refractivity contribution >= 4 is 29.7 Å². The number of para-hydroxylation sites is 2. The normalized spacial score (nSPS) is 18.3. The van der Waals surface area contributed by atoms with E-state index in [2.05, 4.69) is 33.8 Å². The summed E-state index contributed by atoms with van der Waals surface area (Å²) in [7, 11) is 1.71. The fourth-order valence-electron chi connectivity index (χ4n) is 4.57. The van der Waals surface area contributed by atoms with Crippen molar-refractivity contribution in [1.82, 2.24) is 9.97 Å². The summed E-state index contributed by atoms with van der Waals surface area (Å²) in [4.78, 5) is 16.6. The molecule has 1 atom stereocenters. The Hall–Kier alpha value is -3.10. The predicted octanol–water partition coefficient (Wildman–Crippen LogP) is 4.26. The van der Waals surface area contributed by atoms with Crippen molar-refractivity contribution in [2.24, 2.45) is 0 Å². The molecule has 0 spiro atoms. The molecule has 1 unspecified atom stereocenters. The molecular weight excluding hydrogens is 469 g/mol. The smallest absolute Gasteiger partial charge is 0.163 e. The molecule has 0 radical (unpaired) electrons. The number of hydrogen-bond acceptors (Lipinski definition) is 7. The van der Waals surface area contributed by atoms with E-state index in [0.717, 1.165) is 67.9 Å². The highest BCUT2D eigenvalue weighted by molar-refractivity contribution is 5.85. The summed E-state index contributed by atoms with van der Waals surface area (Å²) in [5.74, 6) is 3.00. The van der Waals surface area contributed by atoms with Crippen molar-refractivity contribution in [2.45, 2.75) is 13.0 Å². The number of ether oxygens (including phenoxy) is 2.